The SMILES string of the molecule is COC(=O)CN(Cc1ccccc1[N+](=O)[O-])C(=O)C1CCCN1C(=O)C1CCCN1C(=O)OC(C)(C)C. The summed E-state index contributed by atoms with van der Waals surface area (Å²) in [6.07, 6.45) is 1.46. The maximum absolute atomic E-state index is 13.7. The maximum Gasteiger partial charge on any atom is 0.410 e. The van der Waals surface area contributed by atoms with Crippen LogP contribution in [-0.4, -0.2) is 87.9 Å². The molecule has 0 N–H and O–H groups in total. The van der Waals surface area contributed by atoms with Crippen LogP contribution in [-0.2, 0) is 30.4 Å². The highest BCUT2D eigenvalue weighted by atomic mass is 16.6. The molecule has 0 spiro atoms. The molecule has 0 saturated carbocycles. The van der Waals surface area contributed by atoms with Crippen molar-refractivity contribution >= 4 is 29.6 Å². The molecular formula is C25H34N4O8. The lowest BCUT2D eigenvalue weighted by atomic mass is 10.1. The predicted molar refractivity (Wildman–Crippen MR) is 131 cm³/mol. The number of hydrogen-bond donors (Lipinski definition) is 0. The summed E-state index contributed by atoms with van der Waals surface area (Å²) in [6.45, 7) is 5.33. The standard InChI is InChI=1S/C25H34N4O8/c1-25(2,3)37-24(33)28-14-8-12-20(28)23(32)27-13-7-11-19(27)22(31)26(16-21(30)36-4)15-17-9-5-6-10-18(17)29(34)35/h5-6,9-10,19-20H,7-8,11-16H2,1-4H3. The van der Waals surface area contributed by atoms with Gasteiger partial charge >= 0.3 is 12.1 Å². The number of hydrogen-bond acceptors (Lipinski definition) is 8. The van der Waals surface area contributed by atoms with E-state index in [-0.39, 0.29) is 23.7 Å². The number of amides is 3. The molecule has 12 nitrogen and oxygen atoms in total. The van der Waals surface area contributed by atoms with Gasteiger partial charge in [0.25, 0.3) is 5.69 Å². The van der Waals surface area contributed by atoms with E-state index in [1.54, 1.807) is 26.8 Å². The first-order valence-corrected chi connectivity index (χ1v) is 12.3. The molecule has 2 aliphatic rings. The number of ether oxygens (including phenoxy) is 2. The van der Waals surface area contributed by atoms with E-state index < -0.39 is 47.1 Å². The van der Waals surface area contributed by atoms with Gasteiger partial charge in [-0.05, 0) is 46.5 Å². The molecule has 2 heterocycles. The zero-order valence-electron chi connectivity index (χ0n) is 21.7. The molecule has 2 saturated heterocycles. The number of esters is 1. The third kappa shape index (κ3) is 6.75. The molecule has 0 bridgehead atoms. The lowest BCUT2D eigenvalue weighted by Gasteiger charge is -2.34. The predicted octanol–water partition coefficient (Wildman–Crippen LogP) is 2.49. The number of carbonyl (C=O) groups excluding carboxylic acids is 4. The summed E-state index contributed by atoms with van der Waals surface area (Å²) < 4.78 is 10.2. The number of para-hydroxylation sites is 1. The summed E-state index contributed by atoms with van der Waals surface area (Å²) in [4.78, 5) is 67.1. The molecule has 3 amide bonds. The van der Waals surface area contributed by atoms with Crippen molar-refractivity contribution in [2.75, 3.05) is 26.7 Å². The van der Waals surface area contributed by atoms with Crippen molar-refractivity contribution in [3.8, 4) is 0 Å². The molecule has 12 heteroatoms. The highest BCUT2D eigenvalue weighted by Crippen LogP contribution is 2.28. The van der Waals surface area contributed by atoms with E-state index in [0.29, 0.717) is 38.8 Å². The van der Waals surface area contributed by atoms with Crippen molar-refractivity contribution in [1.29, 1.82) is 0 Å². The Morgan fingerprint density at radius 2 is 1.68 bits per heavy atom. The number of likely N-dealkylation sites (tertiary alicyclic amines) is 2. The van der Waals surface area contributed by atoms with E-state index in [0.717, 1.165) is 0 Å². The Labute approximate surface area is 215 Å². The number of benzene rings is 1. The Morgan fingerprint density at radius 1 is 1.05 bits per heavy atom. The third-order valence-corrected chi connectivity index (χ3v) is 6.40. The van der Waals surface area contributed by atoms with E-state index in [4.69, 9.17) is 9.47 Å². The summed E-state index contributed by atoms with van der Waals surface area (Å²) in [7, 11) is 1.19. The van der Waals surface area contributed by atoms with Gasteiger partial charge in [0.15, 0.2) is 0 Å². The van der Waals surface area contributed by atoms with Crippen LogP contribution in [0.3, 0.4) is 0 Å². The molecule has 2 fully saturated rings. The largest absolute Gasteiger partial charge is 0.468 e. The fourth-order valence-corrected chi connectivity index (χ4v) is 4.71. The molecule has 0 radical (unpaired) electrons. The fraction of sp³-hybridized carbons (Fsp3) is 0.600. The second-order valence-electron chi connectivity index (χ2n) is 10.2. The van der Waals surface area contributed by atoms with E-state index >= 15 is 0 Å². The average molecular weight is 519 g/mol. The molecule has 0 aliphatic carbocycles. The quantitative estimate of drug-likeness (QED) is 0.305. The Balaban J connectivity index is 1.82. The van der Waals surface area contributed by atoms with Gasteiger partial charge in [-0.1, -0.05) is 18.2 Å². The second kappa shape index (κ2) is 11.6. The number of nitro benzene ring substituents is 1. The van der Waals surface area contributed by atoms with E-state index in [1.807, 2.05) is 0 Å². The lowest BCUT2D eigenvalue weighted by molar-refractivity contribution is -0.385. The van der Waals surface area contributed by atoms with Gasteiger partial charge in [0.05, 0.1) is 18.6 Å². The van der Waals surface area contributed by atoms with Crippen LogP contribution in [0, 0.1) is 10.1 Å². The van der Waals surface area contributed by atoms with Crippen molar-refractivity contribution in [3.63, 3.8) is 0 Å². The topological polar surface area (TPSA) is 140 Å². The number of methoxy groups -OCH3 is 1. The first-order valence-electron chi connectivity index (χ1n) is 12.3. The molecule has 2 atom stereocenters. The molecule has 2 aliphatic heterocycles. The van der Waals surface area contributed by atoms with Crippen molar-refractivity contribution in [2.45, 2.75) is 70.7 Å². The van der Waals surface area contributed by atoms with Gasteiger partial charge < -0.3 is 19.3 Å². The highest BCUT2D eigenvalue weighted by molar-refractivity contribution is 5.93. The van der Waals surface area contributed by atoms with Crippen LogP contribution in [0.25, 0.3) is 0 Å². The van der Waals surface area contributed by atoms with Gasteiger partial charge in [-0.15, -0.1) is 0 Å². The summed E-state index contributed by atoms with van der Waals surface area (Å²) in [5.74, 6) is -1.53. The molecule has 1 aromatic carbocycles. The van der Waals surface area contributed by atoms with Crippen LogP contribution >= 0.6 is 0 Å². The molecule has 202 valence electrons. The first kappa shape index (κ1) is 27.9. The van der Waals surface area contributed by atoms with Gasteiger partial charge in [-0.3, -0.25) is 29.4 Å². The highest BCUT2D eigenvalue weighted by Gasteiger charge is 2.44. The van der Waals surface area contributed by atoms with E-state index in [2.05, 4.69) is 0 Å². The zero-order valence-corrected chi connectivity index (χ0v) is 21.7. The monoisotopic (exact) mass is 518 g/mol. The Morgan fingerprint density at radius 3 is 2.30 bits per heavy atom. The Bertz CT molecular complexity index is 1050. The Hall–Kier alpha value is -3.70. The molecule has 37 heavy (non-hydrogen) atoms. The van der Waals surface area contributed by atoms with Crippen LogP contribution in [0.2, 0.25) is 0 Å². The Kier molecular flexibility index (Phi) is 8.72. The minimum absolute atomic E-state index is 0.177. The molecule has 2 unspecified atom stereocenters. The third-order valence-electron chi connectivity index (χ3n) is 6.40. The van der Waals surface area contributed by atoms with E-state index in [9.17, 15) is 29.3 Å². The van der Waals surface area contributed by atoms with Crippen molar-refractivity contribution in [2.24, 2.45) is 0 Å². The van der Waals surface area contributed by atoms with Crippen molar-refractivity contribution in [3.05, 3.63) is 39.9 Å². The fourth-order valence-electron chi connectivity index (χ4n) is 4.71. The minimum Gasteiger partial charge on any atom is -0.468 e. The van der Waals surface area contributed by atoms with Gasteiger partial charge in [-0.2, -0.15) is 0 Å². The summed E-state index contributed by atoms with van der Waals surface area (Å²) in [6, 6.07) is 4.37. The smallest absolute Gasteiger partial charge is 0.410 e. The van der Waals surface area contributed by atoms with Crippen molar-refractivity contribution in [1.82, 2.24) is 14.7 Å². The number of carbonyl (C=O) groups is 4. The lowest BCUT2D eigenvalue weighted by Crippen LogP contribution is -2.54. The maximum atomic E-state index is 13.7. The average Bonchev–Trinajstić information content (AvgIpc) is 3.52. The minimum atomic E-state index is -0.860. The number of rotatable bonds is 7. The summed E-state index contributed by atoms with van der Waals surface area (Å²) >= 11 is 0. The molecule has 0 aromatic heterocycles. The van der Waals surface area contributed by atoms with Gasteiger partial charge in [-0.25, -0.2) is 4.79 Å². The number of nitrogens with zero attached hydrogens (tertiary/aromatic N) is 4. The van der Waals surface area contributed by atoms with Crippen LogP contribution in [0.15, 0.2) is 24.3 Å². The van der Waals surface area contributed by atoms with Crippen LogP contribution in [0.5, 0.6) is 0 Å². The van der Waals surface area contributed by atoms with Gasteiger partial charge in [0.1, 0.15) is 24.2 Å². The van der Waals surface area contributed by atoms with Crippen molar-refractivity contribution < 1.29 is 33.6 Å². The number of nitro groups is 1. The summed E-state index contributed by atoms with van der Waals surface area (Å²) in [5, 5.41) is 11.5. The molecule has 3 rings (SSSR count). The molecular weight excluding hydrogens is 484 g/mol. The molecule has 1 aromatic rings. The van der Waals surface area contributed by atoms with Crippen LogP contribution in [0.4, 0.5) is 10.5 Å². The first-order chi connectivity index (χ1) is 17.4. The second-order valence-corrected chi connectivity index (χ2v) is 10.2. The summed E-state index contributed by atoms with van der Waals surface area (Å²) in [5.41, 5.74) is -0.635. The normalized spacial score (nSPS) is 19.5. The van der Waals surface area contributed by atoms with Gasteiger partial charge in [0, 0.05) is 24.7 Å². The van der Waals surface area contributed by atoms with Crippen LogP contribution in [0.1, 0.15) is 52.0 Å². The zero-order chi connectivity index (χ0) is 27.3. The van der Waals surface area contributed by atoms with Gasteiger partial charge in [0.2, 0.25) is 11.8 Å². The van der Waals surface area contributed by atoms with E-state index in [1.165, 1.54) is 40.0 Å². The van der Waals surface area contributed by atoms with Crippen LogP contribution < -0.4 is 0 Å².